The maximum Gasteiger partial charge on any atom is 0.225 e. The predicted molar refractivity (Wildman–Crippen MR) is 107 cm³/mol. The maximum absolute atomic E-state index is 13.1. The van der Waals surface area contributed by atoms with E-state index in [1.54, 1.807) is 12.1 Å². The molecule has 0 saturated heterocycles. The van der Waals surface area contributed by atoms with Gasteiger partial charge in [-0.3, -0.25) is 9.59 Å². The maximum atomic E-state index is 13.1. The molecule has 3 nitrogen and oxygen atoms in total. The molecule has 0 radical (unpaired) electrons. The van der Waals surface area contributed by atoms with Crippen molar-refractivity contribution in [1.29, 1.82) is 0 Å². The second-order valence-electron chi connectivity index (χ2n) is 6.92. The molecule has 0 unspecified atom stereocenters. The summed E-state index contributed by atoms with van der Waals surface area (Å²) in [6.45, 7) is 0. The highest BCUT2D eigenvalue weighted by molar-refractivity contribution is 6.42. The summed E-state index contributed by atoms with van der Waals surface area (Å²) in [7, 11) is 0. The van der Waals surface area contributed by atoms with Crippen LogP contribution < -0.4 is 5.32 Å². The van der Waals surface area contributed by atoms with Crippen LogP contribution in [0.1, 0.15) is 42.2 Å². The number of benzene rings is 2. The molecule has 6 heteroatoms. The first-order valence-corrected chi connectivity index (χ1v) is 9.83. The van der Waals surface area contributed by atoms with E-state index in [4.69, 9.17) is 34.8 Å². The van der Waals surface area contributed by atoms with Gasteiger partial charge >= 0.3 is 0 Å². The molecule has 0 aromatic heterocycles. The summed E-state index contributed by atoms with van der Waals surface area (Å²) >= 11 is 18.5. The number of Topliss-reactive ketones (excluding diaryl/α,β-unsaturated/α-hetero) is 1. The molecule has 138 valence electrons. The molecular formula is C21H16Cl3NO2. The van der Waals surface area contributed by atoms with Gasteiger partial charge in [-0.2, -0.15) is 0 Å². The predicted octanol–water partition coefficient (Wildman–Crippen LogP) is 5.65. The molecule has 1 N–H and O–H groups in total. The lowest BCUT2D eigenvalue weighted by molar-refractivity contribution is -0.122. The first-order chi connectivity index (χ1) is 12.9. The van der Waals surface area contributed by atoms with E-state index < -0.39 is 0 Å². The molecule has 2 aliphatic rings. The molecule has 1 amide bonds. The van der Waals surface area contributed by atoms with Crippen molar-refractivity contribution in [3.05, 3.63) is 79.9 Å². The van der Waals surface area contributed by atoms with Crippen molar-refractivity contribution in [2.45, 2.75) is 31.1 Å². The molecule has 1 heterocycles. The molecule has 2 aromatic rings. The van der Waals surface area contributed by atoms with Crippen LogP contribution in [0.3, 0.4) is 0 Å². The third-order valence-electron chi connectivity index (χ3n) is 5.23. The second-order valence-corrected chi connectivity index (χ2v) is 8.14. The van der Waals surface area contributed by atoms with Crippen LogP contribution in [-0.4, -0.2) is 11.7 Å². The molecular weight excluding hydrogens is 405 g/mol. The minimum absolute atomic E-state index is 0.0391. The Morgan fingerprint density at radius 2 is 1.63 bits per heavy atom. The number of allylic oxidation sites excluding steroid dienone is 2. The van der Waals surface area contributed by atoms with Crippen molar-refractivity contribution in [2.75, 3.05) is 0 Å². The average molecular weight is 421 g/mol. The molecule has 0 bridgehead atoms. The van der Waals surface area contributed by atoms with Gasteiger partial charge in [0.25, 0.3) is 0 Å². The van der Waals surface area contributed by atoms with Gasteiger partial charge in [0.2, 0.25) is 5.91 Å². The number of rotatable bonds is 2. The Morgan fingerprint density at radius 3 is 2.37 bits per heavy atom. The van der Waals surface area contributed by atoms with E-state index in [9.17, 15) is 9.59 Å². The fourth-order valence-electron chi connectivity index (χ4n) is 4.00. The Morgan fingerprint density at radius 1 is 0.852 bits per heavy atom. The van der Waals surface area contributed by atoms with Gasteiger partial charge in [0.1, 0.15) is 0 Å². The Bertz CT molecular complexity index is 983. The van der Waals surface area contributed by atoms with Crippen molar-refractivity contribution >= 4 is 46.5 Å². The highest BCUT2D eigenvalue weighted by Crippen LogP contribution is 2.44. The van der Waals surface area contributed by atoms with E-state index >= 15 is 0 Å². The zero-order valence-electron chi connectivity index (χ0n) is 14.3. The number of ketones is 1. The van der Waals surface area contributed by atoms with Gasteiger partial charge in [-0.15, -0.1) is 0 Å². The lowest BCUT2D eigenvalue weighted by Gasteiger charge is -2.34. The second kappa shape index (κ2) is 7.31. The molecule has 1 aliphatic heterocycles. The summed E-state index contributed by atoms with van der Waals surface area (Å²) in [5.41, 5.74) is 3.14. The number of amides is 1. The fourth-order valence-corrected chi connectivity index (χ4v) is 4.60. The van der Waals surface area contributed by atoms with E-state index in [-0.39, 0.29) is 29.9 Å². The van der Waals surface area contributed by atoms with Gasteiger partial charge in [-0.05, 0) is 41.7 Å². The lowest BCUT2D eigenvalue weighted by Crippen LogP contribution is -2.38. The van der Waals surface area contributed by atoms with Gasteiger partial charge < -0.3 is 5.32 Å². The largest absolute Gasteiger partial charge is 0.329 e. The third kappa shape index (κ3) is 3.52. The normalized spacial score (nSPS) is 22.5. The zero-order chi connectivity index (χ0) is 19.1. The molecule has 0 spiro atoms. The Kier molecular flexibility index (Phi) is 5.02. The smallest absolute Gasteiger partial charge is 0.225 e. The van der Waals surface area contributed by atoms with Crippen molar-refractivity contribution < 1.29 is 9.59 Å². The number of nitrogens with one attached hydrogen (secondary N) is 1. The lowest BCUT2D eigenvalue weighted by atomic mass is 9.73. The quantitative estimate of drug-likeness (QED) is 0.682. The molecule has 0 saturated carbocycles. The number of halogens is 3. The van der Waals surface area contributed by atoms with Gasteiger partial charge in [-0.1, -0.05) is 59.1 Å². The summed E-state index contributed by atoms with van der Waals surface area (Å²) in [5.74, 6) is -0.407. The van der Waals surface area contributed by atoms with E-state index in [0.29, 0.717) is 39.2 Å². The summed E-state index contributed by atoms with van der Waals surface area (Å²) < 4.78 is 0. The number of hydrogen-bond donors (Lipinski definition) is 1. The molecule has 2 atom stereocenters. The molecule has 2 aromatic carbocycles. The van der Waals surface area contributed by atoms with Crippen LogP contribution in [-0.2, 0) is 9.59 Å². The van der Waals surface area contributed by atoms with Crippen LogP contribution in [0.5, 0.6) is 0 Å². The van der Waals surface area contributed by atoms with Crippen LogP contribution >= 0.6 is 34.8 Å². The monoisotopic (exact) mass is 419 g/mol. The Balaban J connectivity index is 1.74. The molecule has 27 heavy (non-hydrogen) atoms. The van der Waals surface area contributed by atoms with Gasteiger partial charge in [-0.25, -0.2) is 0 Å². The van der Waals surface area contributed by atoms with Crippen molar-refractivity contribution in [3.8, 4) is 0 Å². The number of carbonyl (C=O) groups is 2. The van der Waals surface area contributed by atoms with Crippen LogP contribution in [0.15, 0.2) is 53.7 Å². The van der Waals surface area contributed by atoms with Crippen molar-refractivity contribution in [1.82, 2.24) is 5.32 Å². The first-order valence-electron chi connectivity index (χ1n) is 8.69. The van der Waals surface area contributed by atoms with Crippen LogP contribution in [0, 0.1) is 0 Å². The number of carbonyl (C=O) groups excluding carboxylic acids is 2. The highest BCUT2D eigenvalue weighted by atomic mass is 35.5. The van der Waals surface area contributed by atoms with E-state index in [0.717, 1.165) is 11.1 Å². The number of hydrogen-bond acceptors (Lipinski definition) is 2. The van der Waals surface area contributed by atoms with E-state index in [2.05, 4.69) is 5.32 Å². The van der Waals surface area contributed by atoms with Gasteiger partial charge in [0, 0.05) is 35.1 Å². The first kappa shape index (κ1) is 18.5. The Hall–Kier alpha value is -1.81. The average Bonchev–Trinajstić information content (AvgIpc) is 2.63. The summed E-state index contributed by atoms with van der Waals surface area (Å²) in [4.78, 5) is 25.4. The topological polar surface area (TPSA) is 46.2 Å². The third-order valence-corrected chi connectivity index (χ3v) is 6.31. The van der Waals surface area contributed by atoms with Crippen molar-refractivity contribution in [3.63, 3.8) is 0 Å². The van der Waals surface area contributed by atoms with Crippen LogP contribution in [0.25, 0.3) is 0 Å². The summed E-state index contributed by atoms with van der Waals surface area (Å²) in [5, 5.41) is 4.42. The summed E-state index contributed by atoms with van der Waals surface area (Å²) in [6.07, 6.45) is 1.17. The molecule has 0 fully saturated rings. The van der Waals surface area contributed by atoms with Crippen LogP contribution in [0.2, 0.25) is 15.1 Å². The zero-order valence-corrected chi connectivity index (χ0v) is 16.5. The van der Waals surface area contributed by atoms with E-state index in [1.165, 1.54) is 0 Å². The minimum Gasteiger partial charge on any atom is -0.329 e. The molecule has 4 rings (SSSR count). The fraction of sp³-hybridized carbons (Fsp3) is 0.238. The van der Waals surface area contributed by atoms with Gasteiger partial charge in [0.05, 0.1) is 10.0 Å². The standard InChI is InChI=1S/C21H16Cl3NO2/c22-15-4-2-1-3-13(15)12-8-18-21(19(26)9-12)14(10-20(27)25-18)11-5-6-16(23)17(24)7-11/h1-7,12,14H,8-10H2,(H,25,27)/t12-,14+/m0/s1. The van der Waals surface area contributed by atoms with Gasteiger partial charge in [0.15, 0.2) is 5.78 Å². The summed E-state index contributed by atoms with van der Waals surface area (Å²) in [6, 6.07) is 12.8. The minimum atomic E-state index is -0.303. The van der Waals surface area contributed by atoms with Crippen molar-refractivity contribution in [2.24, 2.45) is 0 Å². The molecule has 1 aliphatic carbocycles. The highest BCUT2D eigenvalue weighted by Gasteiger charge is 2.38. The SMILES string of the molecule is O=C1C[C@H](c2ccc(Cl)c(Cl)c2)C2=C(C[C@H](c3ccccc3Cl)CC2=O)N1. The van der Waals surface area contributed by atoms with E-state index in [1.807, 2.05) is 30.3 Å². The van der Waals surface area contributed by atoms with Crippen LogP contribution in [0.4, 0.5) is 0 Å². The Labute approximate surface area is 172 Å².